The number of nitrogens with zero attached hydrogens (tertiary/aromatic N) is 1. The summed E-state index contributed by atoms with van der Waals surface area (Å²) in [4.78, 5) is 24.3. The van der Waals surface area contributed by atoms with Crippen molar-refractivity contribution >= 4 is 23.8 Å². The van der Waals surface area contributed by atoms with Gasteiger partial charge in [-0.1, -0.05) is 6.42 Å². The number of fused-ring (bicyclic) bond motifs is 1. The Balaban J connectivity index is 1.72. The quantitative estimate of drug-likeness (QED) is 0.464. The van der Waals surface area contributed by atoms with Crippen molar-refractivity contribution < 1.29 is 14.3 Å². The number of esters is 1. The van der Waals surface area contributed by atoms with E-state index in [-0.39, 0.29) is 18.0 Å². The van der Waals surface area contributed by atoms with Crippen LogP contribution in [0.3, 0.4) is 0 Å². The summed E-state index contributed by atoms with van der Waals surface area (Å²) in [5.41, 5.74) is 0. The van der Waals surface area contributed by atoms with Crippen molar-refractivity contribution in [1.29, 1.82) is 0 Å². The molecule has 2 amide bonds. The second-order valence-corrected chi connectivity index (χ2v) is 6.12. The Hall–Kier alpha value is -0.910. The summed E-state index contributed by atoms with van der Waals surface area (Å²) in [6.45, 7) is 0. The highest BCUT2D eigenvalue weighted by molar-refractivity contribution is 8.00. The molecule has 0 bridgehead atoms. The molecule has 2 fully saturated rings. The summed E-state index contributed by atoms with van der Waals surface area (Å²) in [6.07, 6.45) is 3.42. The number of hydrogen-bond acceptors (Lipinski definition) is 4. The lowest BCUT2D eigenvalue weighted by Crippen LogP contribution is -2.37. The molecule has 2 saturated heterocycles. The lowest BCUT2D eigenvalue weighted by atomic mass is 10.0. The molecule has 3 atom stereocenters. The van der Waals surface area contributed by atoms with Crippen LogP contribution in [0.4, 0.5) is 4.79 Å². The van der Waals surface area contributed by atoms with E-state index in [1.54, 1.807) is 0 Å². The van der Waals surface area contributed by atoms with Gasteiger partial charge in [0.05, 0.1) is 19.2 Å². The molecular formula is C12H20N2O3S. The maximum atomic E-state index is 11.5. The number of urea groups is 1. The number of carbonyl (C=O) groups is 2. The number of unbranched alkanes of at least 4 members (excludes halogenated alkanes) is 1. The maximum absolute atomic E-state index is 11.5. The Labute approximate surface area is 112 Å². The normalized spacial score (nSPS) is 30.2. The average Bonchev–Trinajstić information content (AvgIpc) is 2.87. The van der Waals surface area contributed by atoms with Gasteiger partial charge in [-0.25, -0.2) is 4.79 Å². The van der Waals surface area contributed by atoms with Crippen LogP contribution in [-0.4, -0.2) is 54.1 Å². The second kappa shape index (κ2) is 5.82. The van der Waals surface area contributed by atoms with Crippen molar-refractivity contribution in [2.24, 2.45) is 0 Å². The third-order valence-electron chi connectivity index (χ3n) is 3.75. The predicted molar refractivity (Wildman–Crippen MR) is 70.6 cm³/mol. The van der Waals surface area contributed by atoms with Crippen molar-refractivity contribution in [2.75, 3.05) is 19.9 Å². The van der Waals surface area contributed by atoms with E-state index in [1.165, 1.54) is 7.11 Å². The Morgan fingerprint density at radius 1 is 1.56 bits per heavy atom. The molecule has 0 radical (unpaired) electrons. The Bertz CT molecular complexity index is 337. The number of hydrogen-bond donors (Lipinski definition) is 1. The highest BCUT2D eigenvalue weighted by Gasteiger charge is 2.46. The lowest BCUT2D eigenvalue weighted by Gasteiger charge is -2.17. The highest BCUT2D eigenvalue weighted by Crippen LogP contribution is 2.36. The van der Waals surface area contributed by atoms with Crippen LogP contribution >= 0.6 is 11.8 Å². The van der Waals surface area contributed by atoms with Gasteiger partial charge in [0.1, 0.15) is 0 Å². The first kappa shape index (κ1) is 13.5. The molecule has 1 N–H and O–H groups in total. The minimum absolute atomic E-state index is 0.0462. The third-order valence-corrected chi connectivity index (χ3v) is 5.24. The van der Waals surface area contributed by atoms with Gasteiger partial charge in [0.15, 0.2) is 0 Å². The molecule has 2 aliphatic rings. The van der Waals surface area contributed by atoms with Crippen molar-refractivity contribution in [3.8, 4) is 0 Å². The minimum Gasteiger partial charge on any atom is -0.469 e. The van der Waals surface area contributed by atoms with E-state index in [9.17, 15) is 9.59 Å². The number of ether oxygens (including phenoxy) is 1. The average molecular weight is 272 g/mol. The first-order valence-corrected chi connectivity index (χ1v) is 7.40. The number of likely N-dealkylation sites (N-methyl/N-ethyl adjacent to an activating group) is 1. The molecule has 2 aliphatic heterocycles. The van der Waals surface area contributed by atoms with E-state index < -0.39 is 0 Å². The lowest BCUT2D eigenvalue weighted by molar-refractivity contribution is -0.140. The zero-order chi connectivity index (χ0) is 13.1. The first-order valence-electron chi connectivity index (χ1n) is 6.35. The van der Waals surface area contributed by atoms with Gasteiger partial charge in [-0.2, -0.15) is 11.8 Å². The Morgan fingerprint density at radius 2 is 2.33 bits per heavy atom. The van der Waals surface area contributed by atoms with Gasteiger partial charge in [-0.05, 0) is 12.8 Å². The fourth-order valence-corrected chi connectivity index (χ4v) is 4.26. The molecule has 0 aromatic carbocycles. The Kier molecular flexibility index (Phi) is 4.37. The number of amides is 2. The molecule has 102 valence electrons. The number of carbonyl (C=O) groups excluding carboxylic acids is 2. The fourth-order valence-electron chi connectivity index (χ4n) is 2.59. The van der Waals surface area contributed by atoms with E-state index in [2.05, 4.69) is 10.1 Å². The van der Waals surface area contributed by atoms with Gasteiger partial charge in [-0.15, -0.1) is 0 Å². The molecule has 0 saturated carbocycles. The number of nitrogens with one attached hydrogen (secondary N) is 1. The van der Waals surface area contributed by atoms with Crippen LogP contribution in [0.2, 0.25) is 0 Å². The summed E-state index contributed by atoms with van der Waals surface area (Å²) in [5, 5.41) is 3.54. The molecule has 0 spiro atoms. The third kappa shape index (κ3) is 2.74. The number of thioether (sulfide) groups is 1. The minimum atomic E-state index is -0.138. The number of rotatable bonds is 5. The summed E-state index contributed by atoms with van der Waals surface area (Å²) in [5.74, 6) is 0.877. The molecule has 5 nitrogen and oxygen atoms in total. The number of methoxy groups -OCH3 is 1. The van der Waals surface area contributed by atoms with E-state index in [0.29, 0.717) is 17.7 Å². The maximum Gasteiger partial charge on any atom is 0.317 e. The van der Waals surface area contributed by atoms with Crippen molar-refractivity contribution in [3.05, 3.63) is 0 Å². The molecule has 0 unspecified atom stereocenters. The van der Waals surface area contributed by atoms with Crippen molar-refractivity contribution in [1.82, 2.24) is 10.2 Å². The second-order valence-electron chi connectivity index (χ2n) is 4.85. The highest BCUT2D eigenvalue weighted by atomic mass is 32.2. The van der Waals surface area contributed by atoms with E-state index in [4.69, 9.17) is 0 Å². The van der Waals surface area contributed by atoms with Crippen LogP contribution in [0.1, 0.15) is 25.7 Å². The monoisotopic (exact) mass is 272 g/mol. The largest absolute Gasteiger partial charge is 0.469 e. The standard InChI is InChI=1S/C12H20N2O3S/c1-14-8-7-18-9(11(8)13-12(14)16)5-3-4-6-10(15)17-2/h8-9,11H,3-7H2,1-2H3,(H,13,16)/t8-,9-,11-/m0/s1. The van der Waals surface area contributed by atoms with Gasteiger partial charge in [0.25, 0.3) is 0 Å². The van der Waals surface area contributed by atoms with Crippen LogP contribution in [0, 0.1) is 0 Å². The van der Waals surface area contributed by atoms with Crippen molar-refractivity contribution in [3.63, 3.8) is 0 Å². The zero-order valence-electron chi connectivity index (χ0n) is 10.8. The first-order chi connectivity index (χ1) is 8.63. The van der Waals surface area contributed by atoms with Gasteiger partial charge in [0.2, 0.25) is 0 Å². The van der Waals surface area contributed by atoms with E-state index in [1.807, 2.05) is 23.7 Å². The molecule has 0 aliphatic carbocycles. The van der Waals surface area contributed by atoms with Gasteiger partial charge < -0.3 is 15.0 Å². The molecule has 0 aromatic rings. The van der Waals surface area contributed by atoms with Crippen molar-refractivity contribution in [2.45, 2.75) is 43.0 Å². The topological polar surface area (TPSA) is 58.6 Å². The molecule has 0 aromatic heterocycles. The summed E-state index contributed by atoms with van der Waals surface area (Å²) < 4.78 is 4.61. The summed E-state index contributed by atoms with van der Waals surface area (Å²) in [7, 11) is 3.28. The van der Waals surface area contributed by atoms with E-state index in [0.717, 1.165) is 25.0 Å². The van der Waals surface area contributed by atoms with Crippen LogP contribution < -0.4 is 5.32 Å². The van der Waals surface area contributed by atoms with Gasteiger partial charge >= 0.3 is 12.0 Å². The van der Waals surface area contributed by atoms with Crippen LogP contribution in [0.25, 0.3) is 0 Å². The molecule has 2 heterocycles. The van der Waals surface area contributed by atoms with Crippen LogP contribution in [0.15, 0.2) is 0 Å². The Morgan fingerprint density at radius 3 is 3.06 bits per heavy atom. The molecular weight excluding hydrogens is 252 g/mol. The molecule has 18 heavy (non-hydrogen) atoms. The van der Waals surface area contributed by atoms with Gasteiger partial charge in [0, 0.05) is 24.5 Å². The fraction of sp³-hybridized carbons (Fsp3) is 0.833. The van der Waals surface area contributed by atoms with E-state index >= 15 is 0 Å². The zero-order valence-corrected chi connectivity index (χ0v) is 11.7. The van der Waals surface area contributed by atoms with Gasteiger partial charge in [-0.3, -0.25) is 4.79 Å². The summed E-state index contributed by atoms with van der Waals surface area (Å²) >= 11 is 1.93. The van der Waals surface area contributed by atoms with Crippen LogP contribution in [0.5, 0.6) is 0 Å². The molecule has 2 rings (SSSR count). The molecule has 6 heteroatoms. The smallest absolute Gasteiger partial charge is 0.317 e. The summed E-state index contributed by atoms with van der Waals surface area (Å²) in [6, 6.07) is 0.670. The van der Waals surface area contributed by atoms with Crippen LogP contribution in [-0.2, 0) is 9.53 Å². The predicted octanol–water partition coefficient (Wildman–Crippen LogP) is 1.23. The SMILES string of the molecule is COC(=O)CCCC[C@@H]1SC[C@H]2[C@@H]1NC(=O)N2C.